The maximum Gasteiger partial charge on any atom is 0.240 e. The summed E-state index contributed by atoms with van der Waals surface area (Å²) in [5.41, 5.74) is 1.96. The molecule has 1 amide bonds. The number of nitrogens with one attached hydrogen (secondary N) is 1. The van der Waals surface area contributed by atoms with Gasteiger partial charge in [0.1, 0.15) is 12.4 Å². The van der Waals surface area contributed by atoms with Crippen LogP contribution in [-0.4, -0.2) is 41.8 Å². The van der Waals surface area contributed by atoms with Crippen molar-refractivity contribution in [3.05, 3.63) is 59.4 Å². The van der Waals surface area contributed by atoms with Gasteiger partial charge in [0, 0.05) is 48.1 Å². The first-order chi connectivity index (χ1) is 13.2. The Morgan fingerprint density at radius 2 is 2.07 bits per heavy atom. The molecule has 3 aromatic rings. The highest BCUT2D eigenvalue weighted by atomic mass is 35.5. The fourth-order valence-corrected chi connectivity index (χ4v) is 3.49. The molecule has 0 bridgehead atoms. The first kappa shape index (κ1) is 17.8. The number of pyridine rings is 1. The Kier molecular flexibility index (Phi) is 5.27. The Hall–Kier alpha value is -2.57. The number of hydrogen-bond donors (Lipinski definition) is 1. The smallest absolute Gasteiger partial charge is 0.240 e. The van der Waals surface area contributed by atoms with Gasteiger partial charge in [0.2, 0.25) is 5.91 Å². The van der Waals surface area contributed by atoms with E-state index in [1.54, 1.807) is 6.20 Å². The lowest BCUT2D eigenvalue weighted by atomic mass is 10.2. The molecule has 6 nitrogen and oxygen atoms in total. The third-order valence-corrected chi connectivity index (χ3v) is 4.94. The molecule has 27 heavy (non-hydrogen) atoms. The third kappa shape index (κ3) is 4.07. The number of nitrogens with zero attached hydrogens (tertiary/aromatic N) is 3. The first-order valence-corrected chi connectivity index (χ1v) is 9.36. The molecule has 0 spiro atoms. The van der Waals surface area contributed by atoms with E-state index in [0.717, 1.165) is 35.4 Å². The summed E-state index contributed by atoms with van der Waals surface area (Å²) < 4.78 is 7.32. The van der Waals surface area contributed by atoms with Crippen LogP contribution in [0.1, 0.15) is 5.56 Å². The molecule has 1 aromatic carbocycles. The van der Waals surface area contributed by atoms with E-state index in [0.29, 0.717) is 24.8 Å². The van der Waals surface area contributed by atoms with Gasteiger partial charge in [-0.25, -0.2) is 4.98 Å². The standard InChI is InChI=1S/C20H21ClN4O2/c21-17-4-3-15-5-7-25(18(15)12-17)14-19(26)23-13-16-2-1-6-22-20(16)24-8-10-27-11-9-24/h1-7,12H,8-11,13-14H2,(H,23,26). The molecule has 1 aliphatic heterocycles. The SMILES string of the molecule is O=C(Cn1ccc2ccc(Cl)cc21)NCc1cccnc1N1CCOCC1. The van der Waals surface area contributed by atoms with Gasteiger partial charge in [0.05, 0.1) is 13.2 Å². The Morgan fingerprint density at radius 3 is 2.93 bits per heavy atom. The summed E-state index contributed by atoms with van der Waals surface area (Å²) in [6, 6.07) is 11.6. The maximum atomic E-state index is 12.5. The summed E-state index contributed by atoms with van der Waals surface area (Å²) in [6.45, 7) is 3.72. The Labute approximate surface area is 162 Å². The summed E-state index contributed by atoms with van der Waals surface area (Å²) in [4.78, 5) is 19.2. The van der Waals surface area contributed by atoms with Crippen LogP contribution in [0.3, 0.4) is 0 Å². The van der Waals surface area contributed by atoms with Crippen molar-refractivity contribution < 1.29 is 9.53 Å². The Balaban J connectivity index is 1.43. The zero-order chi connectivity index (χ0) is 18.6. The van der Waals surface area contributed by atoms with Crippen molar-refractivity contribution in [2.75, 3.05) is 31.2 Å². The predicted molar refractivity (Wildman–Crippen MR) is 106 cm³/mol. The van der Waals surface area contributed by atoms with Gasteiger partial charge in [0.15, 0.2) is 0 Å². The number of carbonyl (C=O) groups is 1. The molecular formula is C20H21ClN4O2. The summed E-state index contributed by atoms with van der Waals surface area (Å²) in [5, 5.41) is 4.73. The normalized spacial score (nSPS) is 14.5. The molecule has 0 atom stereocenters. The number of ether oxygens (including phenoxy) is 1. The highest BCUT2D eigenvalue weighted by molar-refractivity contribution is 6.31. The van der Waals surface area contributed by atoms with Crippen LogP contribution in [0.25, 0.3) is 10.9 Å². The van der Waals surface area contributed by atoms with Gasteiger partial charge >= 0.3 is 0 Å². The first-order valence-electron chi connectivity index (χ1n) is 8.98. The van der Waals surface area contributed by atoms with E-state index in [1.165, 1.54) is 0 Å². The summed E-state index contributed by atoms with van der Waals surface area (Å²) in [7, 11) is 0. The number of fused-ring (bicyclic) bond motifs is 1. The van der Waals surface area contributed by atoms with Gasteiger partial charge in [-0.2, -0.15) is 0 Å². The van der Waals surface area contributed by atoms with E-state index in [2.05, 4.69) is 15.2 Å². The topological polar surface area (TPSA) is 59.4 Å². The van der Waals surface area contributed by atoms with Crippen LogP contribution >= 0.6 is 11.6 Å². The minimum absolute atomic E-state index is 0.0516. The minimum Gasteiger partial charge on any atom is -0.378 e. The molecule has 3 heterocycles. The highest BCUT2D eigenvalue weighted by Crippen LogP contribution is 2.21. The average molecular weight is 385 g/mol. The Morgan fingerprint density at radius 1 is 1.22 bits per heavy atom. The molecule has 0 aliphatic carbocycles. The molecule has 140 valence electrons. The van der Waals surface area contributed by atoms with E-state index in [-0.39, 0.29) is 12.5 Å². The predicted octanol–water partition coefficient (Wildman–Crippen LogP) is 2.84. The quantitative estimate of drug-likeness (QED) is 0.734. The molecule has 0 radical (unpaired) electrons. The van der Waals surface area contributed by atoms with Crippen LogP contribution in [-0.2, 0) is 22.6 Å². The van der Waals surface area contributed by atoms with Crippen molar-refractivity contribution in [3.63, 3.8) is 0 Å². The van der Waals surface area contributed by atoms with Gasteiger partial charge in [-0.3, -0.25) is 4.79 Å². The second kappa shape index (κ2) is 7.98. The summed E-state index contributed by atoms with van der Waals surface area (Å²) in [5.74, 6) is 0.864. The summed E-state index contributed by atoms with van der Waals surface area (Å²) in [6.07, 6.45) is 3.69. The highest BCUT2D eigenvalue weighted by Gasteiger charge is 2.16. The molecule has 1 aliphatic rings. The van der Waals surface area contributed by atoms with E-state index in [1.807, 2.05) is 47.2 Å². The average Bonchev–Trinajstić information content (AvgIpc) is 3.09. The van der Waals surface area contributed by atoms with Crippen LogP contribution in [0.2, 0.25) is 5.02 Å². The fourth-order valence-electron chi connectivity index (χ4n) is 3.33. The van der Waals surface area contributed by atoms with Crippen LogP contribution in [0.4, 0.5) is 5.82 Å². The fraction of sp³-hybridized carbons (Fsp3) is 0.300. The second-order valence-corrected chi connectivity index (χ2v) is 6.95. The maximum absolute atomic E-state index is 12.5. The van der Waals surface area contributed by atoms with Gasteiger partial charge in [-0.15, -0.1) is 0 Å². The number of anilines is 1. The largest absolute Gasteiger partial charge is 0.378 e. The van der Waals surface area contributed by atoms with E-state index in [9.17, 15) is 4.79 Å². The van der Waals surface area contributed by atoms with Crippen molar-refractivity contribution in [1.82, 2.24) is 14.9 Å². The molecule has 1 fully saturated rings. The van der Waals surface area contributed by atoms with Gasteiger partial charge in [0.25, 0.3) is 0 Å². The summed E-state index contributed by atoms with van der Waals surface area (Å²) >= 11 is 6.08. The lowest BCUT2D eigenvalue weighted by Gasteiger charge is -2.29. The number of aromatic nitrogens is 2. The van der Waals surface area contributed by atoms with Crippen LogP contribution in [0, 0.1) is 0 Å². The van der Waals surface area contributed by atoms with Crippen molar-refractivity contribution in [1.29, 1.82) is 0 Å². The monoisotopic (exact) mass is 384 g/mol. The molecule has 7 heteroatoms. The van der Waals surface area contributed by atoms with Crippen molar-refractivity contribution in [2.24, 2.45) is 0 Å². The lowest BCUT2D eigenvalue weighted by Crippen LogP contribution is -2.38. The molecular weight excluding hydrogens is 364 g/mol. The van der Waals surface area contributed by atoms with Crippen LogP contribution in [0.5, 0.6) is 0 Å². The zero-order valence-electron chi connectivity index (χ0n) is 14.9. The number of amides is 1. The van der Waals surface area contributed by atoms with Crippen LogP contribution < -0.4 is 10.2 Å². The lowest BCUT2D eigenvalue weighted by molar-refractivity contribution is -0.121. The Bertz CT molecular complexity index is 950. The van der Waals surface area contributed by atoms with Crippen molar-refractivity contribution in [3.8, 4) is 0 Å². The number of hydrogen-bond acceptors (Lipinski definition) is 4. The van der Waals surface area contributed by atoms with Gasteiger partial charge in [-0.1, -0.05) is 23.7 Å². The second-order valence-electron chi connectivity index (χ2n) is 6.51. The molecule has 2 aromatic heterocycles. The molecule has 1 N–H and O–H groups in total. The molecule has 0 unspecified atom stereocenters. The molecule has 1 saturated heterocycles. The van der Waals surface area contributed by atoms with Gasteiger partial charge < -0.3 is 19.5 Å². The van der Waals surface area contributed by atoms with Crippen LogP contribution in [0.15, 0.2) is 48.8 Å². The zero-order valence-corrected chi connectivity index (χ0v) is 15.7. The minimum atomic E-state index is -0.0516. The van der Waals surface area contributed by atoms with E-state index in [4.69, 9.17) is 16.3 Å². The number of rotatable bonds is 5. The van der Waals surface area contributed by atoms with E-state index >= 15 is 0 Å². The number of halogens is 1. The number of morpholine rings is 1. The number of benzene rings is 1. The number of carbonyl (C=O) groups excluding carboxylic acids is 1. The molecule has 0 saturated carbocycles. The van der Waals surface area contributed by atoms with Gasteiger partial charge in [-0.05, 0) is 29.7 Å². The molecule has 4 rings (SSSR count). The van der Waals surface area contributed by atoms with Crippen molar-refractivity contribution >= 4 is 34.2 Å². The van der Waals surface area contributed by atoms with Crippen molar-refractivity contribution in [2.45, 2.75) is 13.1 Å². The van der Waals surface area contributed by atoms with E-state index < -0.39 is 0 Å². The third-order valence-electron chi connectivity index (χ3n) is 4.70.